The average Bonchev–Trinajstić information content (AvgIpc) is 3.53. The number of H-pyrrole nitrogens is 1. The number of aromatic amines is 1. The number of epoxide rings is 1. The molecule has 5 heterocycles. The van der Waals surface area contributed by atoms with Crippen LogP contribution < -0.4 is 5.73 Å². The smallest absolute Gasteiger partial charge is 0.389 e. The number of ether oxygens (including phenoxy) is 1. The molecule has 1 aliphatic rings. The molecule has 0 unspecified atom stereocenters. The average molecular weight is 641 g/mol. The van der Waals surface area contributed by atoms with Gasteiger partial charge in [0.05, 0.1) is 71.2 Å². The van der Waals surface area contributed by atoms with Gasteiger partial charge in [-0.1, -0.05) is 5.10 Å². The minimum Gasteiger partial charge on any atom is -0.389 e. The van der Waals surface area contributed by atoms with Crippen LogP contribution in [-0.2, 0) is 17.8 Å². The fourth-order valence-electron chi connectivity index (χ4n) is 2.65. The van der Waals surface area contributed by atoms with E-state index in [2.05, 4.69) is 39.3 Å². The molecule has 250 valence electrons. The summed E-state index contributed by atoms with van der Waals surface area (Å²) in [6.45, 7) is 12.5. The van der Waals surface area contributed by atoms with Crippen LogP contribution in [0.4, 0.5) is 17.5 Å². The lowest BCUT2D eigenvalue weighted by molar-refractivity contribution is -0.552. The van der Waals surface area contributed by atoms with Gasteiger partial charge in [0.1, 0.15) is 12.0 Å². The number of aromatic nitrogens is 8. The van der Waals surface area contributed by atoms with E-state index in [1.165, 1.54) is 47.7 Å². The fourth-order valence-corrected chi connectivity index (χ4v) is 2.65. The van der Waals surface area contributed by atoms with Crippen LogP contribution in [0.15, 0.2) is 55.2 Å². The van der Waals surface area contributed by atoms with E-state index in [1.54, 1.807) is 44.6 Å². The van der Waals surface area contributed by atoms with Crippen LogP contribution in [-0.4, -0.2) is 88.1 Å². The van der Waals surface area contributed by atoms with Crippen LogP contribution in [0.3, 0.4) is 0 Å². The fraction of sp³-hybridized carbons (Fsp3) is 0.500. The van der Waals surface area contributed by atoms with Gasteiger partial charge in [-0.2, -0.15) is 9.78 Å². The molecule has 0 spiro atoms. The Balaban J connectivity index is 0.000000563. The van der Waals surface area contributed by atoms with E-state index in [0.717, 1.165) is 6.61 Å². The molecule has 4 aromatic heterocycles. The zero-order valence-corrected chi connectivity index (χ0v) is 25.6. The van der Waals surface area contributed by atoms with Crippen molar-refractivity contribution in [2.75, 3.05) is 12.3 Å². The third-order valence-electron chi connectivity index (χ3n) is 4.63. The number of aliphatic hydroxyl groups is 2. The van der Waals surface area contributed by atoms with E-state index in [0.29, 0.717) is 17.2 Å². The van der Waals surface area contributed by atoms with Crippen molar-refractivity contribution in [2.45, 2.75) is 71.4 Å². The molecule has 0 radical (unpaired) electrons. The normalized spacial score (nSPS) is 12.8. The molecular weight excluding hydrogens is 600 g/mol. The summed E-state index contributed by atoms with van der Waals surface area (Å²) in [4.78, 5) is 29.3. The molecule has 1 aliphatic heterocycles. The summed E-state index contributed by atoms with van der Waals surface area (Å²) in [7, 11) is 0. The first kappa shape index (κ1) is 37.7. The zero-order chi connectivity index (χ0) is 34.4. The first-order valence-electron chi connectivity index (χ1n) is 13.0. The maximum Gasteiger partial charge on any atom is 0.389 e. The lowest BCUT2D eigenvalue weighted by atomic mass is 10.1. The van der Waals surface area contributed by atoms with E-state index in [9.17, 15) is 40.6 Å². The summed E-state index contributed by atoms with van der Waals surface area (Å²) in [5.41, 5.74) is 3.98. The number of rotatable bonds is 7. The molecule has 45 heavy (non-hydrogen) atoms. The number of nitrogen functional groups attached to an aromatic ring is 1. The highest BCUT2D eigenvalue weighted by Crippen LogP contribution is 2.23. The largest absolute Gasteiger partial charge is 0.389 e. The summed E-state index contributed by atoms with van der Waals surface area (Å²) >= 11 is 0. The Labute approximate surface area is 258 Å². The number of nitrogens with one attached hydrogen (secondary N) is 1. The van der Waals surface area contributed by atoms with Crippen molar-refractivity contribution in [1.29, 1.82) is 0 Å². The Morgan fingerprint density at radius 2 is 1.49 bits per heavy atom. The summed E-state index contributed by atoms with van der Waals surface area (Å²) in [5, 5.41) is 64.4. The Hall–Kier alpha value is -5.28. The second-order valence-corrected chi connectivity index (χ2v) is 11.1. The molecule has 0 bridgehead atoms. The Bertz CT molecular complexity index is 1410. The molecule has 4 aromatic rings. The monoisotopic (exact) mass is 640 g/mol. The molecule has 0 aromatic carbocycles. The molecule has 0 atom stereocenters. The molecule has 21 nitrogen and oxygen atoms in total. The van der Waals surface area contributed by atoms with Gasteiger partial charge in [0.25, 0.3) is 0 Å². The Morgan fingerprint density at radius 3 is 1.76 bits per heavy atom. The standard InChI is InChI=1S/C7H11N3O3.C7H13N3O.C4H8O.2C3H3N3O2.H2/c1-7(2,11)5-9-4-3-6(8-9)10(12)13;1-7(2,11)5-10-4-3-6(8)9-10;1-4(2)3-5-4;7-6(8)5-3-1-2-4-5;7-6(8)3-1-2-4-5-3;/h3-4,11H,5H2,1-2H3;3-4,11H,5H2,1-2H3,(H2,8,9);3H2,1-2H3;1-3H;1-2H,(H,4,5);1H. The van der Waals surface area contributed by atoms with Crippen molar-refractivity contribution in [2.24, 2.45) is 0 Å². The highest BCUT2D eigenvalue weighted by Gasteiger charge is 2.32. The second kappa shape index (κ2) is 16.5. The first-order chi connectivity index (χ1) is 20.7. The summed E-state index contributed by atoms with van der Waals surface area (Å²) in [6, 6.07) is 5.78. The van der Waals surface area contributed by atoms with Gasteiger partial charge in [0.15, 0.2) is 6.20 Å². The van der Waals surface area contributed by atoms with E-state index < -0.39 is 26.1 Å². The molecule has 21 heteroatoms. The first-order valence-corrected chi connectivity index (χ1v) is 13.0. The zero-order valence-electron chi connectivity index (χ0n) is 25.6. The molecule has 5 N–H and O–H groups in total. The van der Waals surface area contributed by atoms with E-state index >= 15 is 0 Å². The maximum absolute atomic E-state index is 10.2. The lowest BCUT2D eigenvalue weighted by Gasteiger charge is -2.16. The van der Waals surface area contributed by atoms with Gasteiger partial charge in [0.2, 0.25) is 0 Å². The van der Waals surface area contributed by atoms with Crippen molar-refractivity contribution < 1.29 is 31.3 Å². The molecule has 0 amide bonds. The van der Waals surface area contributed by atoms with Crippen molar-refractivity contribution in [3.63, 3.8) is 0 Å². The lowest BCUT2D eigenvalue weighted by Crippen LogP contribution is -2.26. The number of nitrogens with two attached hydrogens (primary N) is 1. The minimum atomic E-state index is -0.917. The predicted molar refractivity (Wildman–Crippen MR) is 160 cm³/mol. The van der Waals surface area contributed by atoms with Crippen molar-refractivity contribution in [3.8, 4) is 0 Å². The number of nitro groups is 3. The summed E-state index contributed by atoms with van der Waals surface area (Å²) in [6.07, 6.45) is 7.16. The van der Waals surface area contributed by atoms with E-state index in [1.807, 2.05) is 0 Å². The van der Waals surface area contributed by atoms with Crippen molar-refractivity contribution in [1.82, 2.24) is 39.6 Å². The minimum absolute atomic E-state index is 0. The van der Waals surface area contributed by atoms with Gasteiger partial charge in [0, 0.05) is 23.6 Å². The van der Waals surface area contributed by atoms with Crippen LogP contribution in [0, 0.1) is 30.3 Å². The highest BCUT2D eigenvalue weighted by atomic mass is 16.7. The summed E-state index contributed by atoms with van der Waals surface area (Å²) in [5.74, 6) is 0.198. The number of anilines is 1. The highest BCUT2D eigenvalue weighted by molar-refractivity contribution is 5.23. The number of hydrogen-bond donors (Lipinski definition) is 4. The van der Waals surface area contributed by atoms with Crippen LogP contribution in [0.2, 0.25) is 0 Å². The number of hydrogen-bond acceptors (Lipinski definition) is 14. The topological polar surface area (TPSA) is 291 Å². The van der Waals surface area contributed by atoms with Crippen LogP contribution >= 0.6 is 0 Å². The molecule has 0 saturated carbocycles. The third-order valence-corrected chi connectivity index (χ3v) is 4.63. The van der Waals surface area contributed by atoms with Crippen molar-refractivity contribution >= 4 is 17.5 Å². The Kier molecular flexibility index (Phi) is 13.9. The molecule has 5 rings (SSSR count). The third kappa shape index (κ3) is 18.1. The number of nitrogens with zero attached hydrogens (tertiary/aromatic N) is 10. The van der Waals surface area contributed by atoms with Gasteiger partial charge in [-0.05, 0) is 57.5 Å². The summed E-state index contributed by atoms with van der Waals surface area (Å²) < 4.78 is 7.86. The Morgan fingerprint density at radius 1 is 0.956 bits per heavy atom. The van der Waals surface area contributed by atoms with E-state index in [4.69, 9.17) is 10.5 Å². The molecular formula is C24H40N12O9. The second-order valence-electron chi connectivity index (χ2n) is 11.1. The molecule has 1 saturated heterocycles. The van der Waals surface area contributed by atoms with Gasteiger partial charge in [-0.15, -0.1) is 5.10 Å². The van der Waals surface area contributed by atoms with Gasteiger partial charge >= 0.3 is 11.6 Å². The molecule has 0 aliphatic carbocycles. The predicted octanol–water partition coefficient (Wildman–Crippen LogP) is 2.08. The SMILES string of the molecule is CC(C)(O)Cn1ccc(N)n1.CC(C)(O)Cn1ccc([N+](=O)[O-])n1.CC1(C)CO1.O=[N+]([O-])c1ccn[nH]1.O=[N+]([O-])n1cccn1.[HH]. The van der Waals surface area contributed by atoms with Crippen LogP contribution in [0.25, 0.3) is 0 Å². The van der Waals surface area contributed by atoms with Gasteiger partial charge < -0.3 is 51.0 Å². The maximum atomic E-state index is 10.2. The van der Waals surface area contributed by atoms with Crippen LogP contribution in [0.5, 0.6) is 0 Å². The molecule has 1 fully saturated rings. The van der Waals surface area contributed by atoms with Gasteiger partial charge in [-0.3, -0.25) is 4.68 Å². The van der Waals surface area contributed by atoms with Gasteiger partial charge in [-0.25, -0.2) is 0 Å². The quantitative estimate of drug-likeness (QED) is 0.128. The van der Waals surface area contributed by atoms with Crippen molar-refractivity contribution in [3.05, 3.63) is 85.6 Å². The van der Waals surface area contributed by atoms with E-state index in [-0.39, 0.29) is 25.2 Å². The van der Waals surface area contributed by atoms with Crippen LogP contribution in [0.1, 0.15) is 43.0 Å².